The summed E-state index contributed by atoms with van der Waals surface area (Å²) in [6.07, 6.45) is 0.208. The Labute approximate surface area is 121 Å². The second kappa shape index (κ2) is 7.28. The average molecular weight is 328 g/mol. The van der Waals surface area contributed by atoms with Gasteiger partial charge in [-0.05, 0) is 41.4 Å². The van der Waals surface area contributed by atoms with Gasteiger partial charge in [0, 0.05) is 18.1 Å². The number of rotatable bonds is 5. The van der Waals surface area contributed by atoms with Gasteiger partial charge in [0.2, 0.25) is 0 Å². The van der Waals surface area contributed by atoms with Crippen molar-refractivity contribution in [1.29, 1.82) is 0 Å². The smallest absolute Gasteiger partial charge is 0.307 e. The van der Waals surface area contributed by atoms with E-state index in [0.717, 1.165) is 10.0 Å². The van der Waals surface area contributed by atoms with Crippen molar-refractivity contribution in [3.05, 3.63) is 33.8 Å². The van der Waals surface area contributed by atoms with Crippen LogP contribution >= 0.6 is 15.9 Å². The molecule has 5 heteroatoms. The summed E-state index contributed by atoms with van der Waals surface area (Å²) in [7, 11) is 1.68. The van der Waals surface area contributed by atoms with E-state index in [0.29, 0.717) is 18.7 Å². The Balaban J connectivity index is 2.67. The number of nitrogens with zero attached hydrogens (tertiary/aromatic N) is 1. The number of halogens is 1. The fourth-order valence-electron chi connectivity index (χ4n) is 1.61. The molecule has 0 saturated heterocycles. The maximum Gasteiger partial charge on any atom is 0.307 e. The van der Waals surface area contributed by atoms with Gasteiger partial charge in [0.25, 0.3) is 5.91 Å². The number of hydrogen-bond acceptors (Lipinski definition) is 3. The van der Waals surface area contributed by atoms with E-state index in [1.54, 1.807) is 20.0 Å². The molecule has 1 aromatic carbocycles. The lowest BCUT2D eigenvalue weighted by atomic mass is 10.1. The van der Waals surface area contributed by atoms with E-state index >= 15 is 0 Å². The van der Waals surface area contributed by atoms with Crippen molar-refractivity contribution < 1.29 is 14.3 Å². The van der Waals surface area contributed by atoms with Crippen molar-refractivity contribution in [3.63, 3.8) is 0 Å². The number of esters is 1. The standard InChI is InChI=1S/C14H18BrNO3/c1-4-19-12(17)8-9-16(3)14(18)11-7-5-6-10(2)13(11)15/h5-7H,4,8-9H2,1-3H3. The summed E-state index contributed by atoms with van der Waals surface area (Å²) in [5, 5.41) is 0. The molecule has 1 rings (SSSR count). The molecule has 0 aliphatic rings. The highest BCUT2D eigenvalue weighted by Gasteiger charge is 2.16. The Morgan fingerprint density at radius 3 is 2.68 bits per heavy atom. The molecule has 0 aromatic heterocycles. The number of ether oxygens (including phenoxy) is 1. The molecule has 0 unspecified atom stereocenters. The highest BCUT2D eigenvalue weighted by Crippen LogP contribution is 2.22. The lowest BCUT2D eigenvalue weighted by Gasteiger charge is -2.18. The van der Waals surface area contributed by atoms with Gasteiger partial charge in [-0.25, -0.2) is 0 Å². The van der Waals surface area contributed by atoms with Crippen molar-refractivity contribution >= 4 is 27.8 Å². The number of aryl methyl sites for hydroxylation is 1. The van der Waals surface area contributed by atoms with Gasteiger partial charge in [-0.15, -0.1) is 0 Å². The Morgan fingerprint density at radius 2 is 2.05 bits per heavy atom. The highest BCUT2D eigenvalue weighted by atomic mass is 79.9. The van der Waals surface area contributed by atoms with Gasteiger partial charge >= 0.3 is 5.97 Å². The van der Waals surface area contributed by atoms with E-state index in [-0.39, 0.29) is 18.3 Å². The molecular weight excluding hydrogens is 310 g/mol. The summed E-state index contributed by atoms with van der Waals surface area (Å²) in [5.74, 6) is -0.398. The van der Waals surface area contributed by atoms with Gasteiger partial charge in [0.1, 0.15) is 0 Å². The van der Waals surface area contributed by atoms with Crippen molar-refractivity contribution in [3.8, 4) is 0 Å². The van der Waals surface area contributed by atoms with Crippen LogP contribution in [0.5, 0.6) is 0 Å². The van der Waals surface area contributed by atoms with Crippen LogP contribution in [0.1, 0.15) is 29.3 Å². The largest absolute Gasteiger partial charge is 0.466 e. The van der Waals surface area contributed by atoms with Crippen molar-refractivity contribution in [2.24, 2.45) is 0 Å². The van der Waals surface area contributed by atoms with Crippen LogP contribution in [-0.4, -0.2) is 37.0 Å². The maximum atomic E-state index is 12.2. The molecule has 1 amide bonds. The van der Waals surface area contributed by atoms with Gasteiger partial charge in [0.15, 0.2) is 0 Å². The second-order valence-corrected chi connectivity index (χ2v) is 5.01. The number of hydrogen-bond donors (Lipinski definition) is 0. The SMILES string of the molecule is CCOC(=O)CCN(C)C(=O)c1cccc(C)c1Br. The molecule has 0 bridgehead atoms. The quantitative estimate of drug-likeness (QED) is 0.781. The van der Waals surface area contributed by atoms with Crippen molar-refractivity contribution in [2.45, 2.75) is 20.3 Å². The summed E-state index contributed by atoms with van der Waals surface area (Å²) in [6.45, 7) is 4.40. The first-order chi connectivity index (χ1) is 8.97. The number of carbonyl (C=O) groups excluding carboxylic acids is 2. The van der Waals surface area contributed by atoms with E-state index < -0.39 is 0 Å². The summed E-state index contributed by atoms with van der Waals surface area (Å²) < 4.78 is 5.63. The highest BCUT2D eigenvalue weighted by molar-refractivity contribution is 9.10. The summed E-state index contributed by atoms with van der Waals surface area (Å²) in [5.41, 5.74) is 1.61. The van der Waals surface area contributed by atoms with E-state index in [2.05, 4.69) is 15.9 Å². The molecule has 19 heavy (non-hydrogen) atoms. The van der Waals surface area contributed by atoms with Gasteiger partial charge in [-0.3, -0.25) is 9.59 Å². The molecule has 1 aromatic rings. The first-order valence-electron chi connectivity index (χ1n) is 6.13. The molecule has 0 fully saturated rings. The molecule has 0 aliphatic heterocycles. The monoisotopic (exact) mass is 327 g/mol. The van der Waals surface area contributed by atoms with Crippen LogP contribution in [0.15, 0.2) is 22.7 Å². The van der Waals surface area contributed by atoms with Gasteiger partial charge in [-0.2, -0.15) is 0 Å². The van der Waals surface area contributed by atoms with E-state index in [9.17, 15) is 9.59 Å². The minimum atomic E-state index is -0.287. The normalized spacial score (nSPS) is 10.1. The Bertz CT molecular complexity index is 474. The molecule has 0 N–H and O–H groups in total. The first kappa shape index (κ1) is 15.7. The molecular formula is C14H18BrNO3. The molecule has 0 radical (unpaired) electrons. The minimum Gasteiger partial charge on any atom is -0.466 e. The Kier molecular flexibility index (Phi) is 6.02. The van der Waals surface area contributed by atoms with Crippen LogP contribution in [0.25, 0.3) is 0 Å². The Morgan fingerprint density at radius 1 is 1.37 bits per heavy atom. The van der Waals surface area contributed by atoms with Gasteiger partial charge in [0.05, 0.1) is 18.6 Å². The number of amides is 1. The van der Waals surface area contributed by atoms with Crippen molar-refractivity contribution in [1.82, 2.24) is 4.90 Å². The third kappa shape index (κ3) is 4.35. The molecule has 0 aliphatic carbocycles. The lowest BCUT2D eigenvalue weighted by molar-refractivity contribution is -0.143. The van der Waals surface area contributed by atoms with Crippen LogP contribution < -0.4 is 0 Å². The Hall–Kier alpha value is -1.36. The van der Waals surface area contributed by atoms with Crippen LogP contribution in [-0.2, 0) is 9.53 Å². The molecule has 0 heterocycles. The lowest BCUT2D eigenvalue weighted by Crippen LogP contribution is -2.29. The van der Waals surface area contributed by atoms with Gasteiger partial charge in [-0.1, -0.05) is 12.1 Å². The minimum absolute atomic E-state index is 0.111. The molecule has 104 valence electrons. The summed E-state index contributed by atoms with van der Waals surface area (Å²) >= 11 is 3.41. The topological polar surface area (TPSA) is 46.6 Å². The second-order valence-electron chi connectivity index (χ2n) is 4.22. The van der Waals surface area contributed by atoms with Crippen molar-refractivity contribution in [2.75, 3.05) is 20.2 Å². The fraction of sp³-hybridized carbons (Fsp3) is 0.429. The van der Waals surface area contributed by atoms with Gasteiger partial charge < -0.3 is 9.64 Å². The predicted octanol–water partition coefficient (Wildman–Crippen LogP) is 2.78. The third-order valence-electron chi connectivity index (χ3n) is 2.73. The number of carbonyl (C=O) groups is 2. The summed E-state index contributed by atoms with van der Waals surface area (Å²) in [6, 6.07) is 5.53. The molecule has 0 spiro atoms. The zero-order valence-electron chi connectivity index (χ0n) is 11.4. The van der Waals surface area contributed by atoms with E-state index in [1.165, 1.54) is 4.90 Å². The average Bonchev–Trinajstić information content (AvgIpc) is 2.38. The summed E-state index contributed by atoms with van der Waals surface area (Å²) in [4.78, 5) is 25.0. The van der Waals surface area contributed by atoms with Crippen LogP contribution in [0.4, 0.5) is 0 Å². The van der Waals surface area contributed by atoms with E-state index in [1.807, 2.05) is 19.1 Å². The fourth-order valence-corrected chi connectivity index (χ4v) is 2.05. The third-order valence-corrected chi connectivity index (χ3v) is 3.78. The van der Waals surface area contributed by atoms with E-state index in [4.69, 9.17) is 4.74 Å². The first-order valence-corrected chi connectivity index (χ1v) is 6.92. The maximum absolute atomic E-state index is 12.2. The van der Waals surface area contributed by atoms with Crippen LogP contribution in [0.2, 0.25) is 0 Å². The zero-order valence-corrected chi connectivity index (χ0v) is 13.0. The number of benzene rings is 1. The molecule has 0 atom stereocenters. The molecule has 0 saturated carbocycles. The van der Waals surface area contributed by atoms with Crippen LogP contribution in [0.3, 0.4) is 0 Å². The molecule has 4 nitrogen and oxygen atoms in total. The van der Waals surface area contributed by atoms with Crippen LogP contribution in [0, 0.1) is 6.92 Å². The predicted molar refractivity (Wildman–Crippen MR) is 77.1 cm³/mol. The zero-order chi connectivity index (χ0) is 14.4.